The predicted molar refractivity (Wildman–Crippen MR) is 81.1 cm³/mol. The smallest absolute Gasteiger partial charge is 0.271 e. The van der Waals surface area contributed by atoms with Crippen LogP contribution in [0.5, 0.6) is 0 Å². The molecule has 0 aromatic heterocycles. The highest BCUT2D eigenvalue weighted by molar-refractivity contribution is 5.83. The number of nitro groups is 1. The molecule has 0 aliphatic heterocycles. The fraction of sp³-hybridized carbons (Fsp3) is 0. The van der Waals surface area contributed by atoms with Crippen molar-refractivity contribution in [2.24, 2.45) is 5.10 Å². The zero-order valence-electron chi connectivity index (χ0n) is 11.1. The maximum atomic E-state index is 12.1. The maximum Gasteiger partial charge on any atom is 0.271 e. The molecule has 0 spiro atoms. The molecule has 0 aliphatic rings. The quantitative estimate of drug-likeness (QED) is 0.579. The van der Waals surface area contributed by atoms with Gasteiger partial charge in [0.25, 0.3) is 5.69 Å². The Balaban J connectivity index is 2.07. The topological polar surface area (TPSA) is 102 Å². The van der Waals surface area contributed by atoms with Gasteiger partial charge >= 0.3 is 0 Å². The molecule has 3 aromatic rings. The Morgan fingerprint density at radius 3 is 2.18 bits per heavy atom. The molecule has 0 fully saturated rings. The second kappa shape index (κ2) is 5.21. The molecule has 0 saturated heterocycles. The molecule has 3 rings (SSSR count). The minimum atomic E-state index is -0.542. The van der Waals surface area contributed by atoms with E-state index in [-0.39, 0.29) is 11.0 Å². The monoisotopic (exact) mass is 295 g/mol. The van der Waals surface area contributed by atoms with Crippen molar-refractivity contribution in [1.29, 1.82) is 0 Å². The van der Waals surface area contributed by atoms with Gasteiger partial charge in [0, 0.05) is 22.9 Å². The van der Waals surface area contributed by atoms with Crippen LogP contribution in [0.2, 0.25) is 0 Å². The van der Waals surface area contributed by atoms with Gasteiger partial charge < -0.3 is 0 Å². The summed E-state index contributed by atoms with van der Waals surface area (Å²) in [5, 5.41) is 14.9. The number of anilines is 1. The molecule has 0 heterocycles. The van der Waals surface area contributed by atoms with Crippen molar-refractivity contribution in [3.63, 3.8) is 0 Å². The highest BCUT2D eigenvalue weighted by Gasteiger charge is 2.10. The van der Waals surface area contributed by atoms with Crippen molar-refractivity contribution in [3.8, 4) is 0 Å². The average Bonchev–Trinajstić information content (AvgIpc) is 2.78. The van der Waals surface area contributed by atoms with Gasteiger partial charge in [0.15, 0.2) is 5.36 Å². The molecule has 0 bridgehead atoms. The Labute approximate surface area is 123 Å². The van der Waals surface area contributed by atoms with Gasteiger partial charge in [-0.25, -0.2) is 0 Å². The highest BCUT2D eigenvalue weighted by Crippen LogP contribution is 2.16. The highest BCUT2D eigenvalue weighted by atomic mass is 16.6. The number of nitrogens with zero attached hydrogens (tertiary/aromatic N) is 2. The van der Waals surface area contributed by atoms with Gasteiger partial charge in [-0.05, 0) is 6.07 Å². The van der Waals surface area contributed by atoms with Crippen LogP contribution in [0, 0.1) is 10.1 Å². The van der Waals surface area contributed by atoms with Gasteiger partial charge in [-0.15, -0.1) is 0 Å². The van der Waals surface area contributed by atoms with Crippen molar-refractivity contribution < 1.29 is 4.92 Å². The summed E-state index contributed by atoms with van der Waals surface area (Å²) in [5.74, 6) is 0. The molecule has 108 valence electrons. The number of fused-ring (bicyclic) bond motifs is 1. The third-order valence-electron chi connectivity index (χ3n) is 3.20. The molecule has 0 amide bonds. The normalized spacial score (nSPS) is 10.5. The van der Waals surface area contributed by atoms with E-state index in [0.717, 1.165) is 0 Å². The van der Waals surface area contributed by atoms with Gasteiger partial charge in [0.05, 0.1) is 10.6 Å². The lowest BCUT2D eigenvalue weighted by atomic mass is 10.2. The van der Waals surface area contributed by atoms with Crippen LogP contribution in [0.15, 0.2) is 63.2 Å². The van der Waals surface area contributed by atoms with Crippen molar-refractivity contribution in [2.45, 2.75) is 0 Å². The third-order valence-corrected chi connectivity index (χ3v) is 3.20. The van der Waals surface area contributed by atoms with Gasteiger partial charge in [-0.3, -0.25) is 25.1 Å². The van der Waals surface area contributed by atoms with Gasteiger partial charge in [-0.1, -0.05) is 30.3 Å². The van der Waals surface area contributed by atoms with E-state index in [1.54, 1.807) is 30.3 Å². The van der Waals surface area contributed by atoms with Crippen LogP contribution >= 0.6 is 0 Å². The standard InChI is InChI=1S/C15H9N3O4/c19-14-11-6-1-2-7-12(11)15(20)13(14)17-16-9-4-3-5-10(8-9)18(21)22/h1-8,16H. The Bertz CT molecular complexity index is 983. The Morgan fingerprint density at radius 2 is 1.59 bits per heavy atom. The predicted octanol–water partition coefficient (Wildman–Crippen LogP) is 1.27. The molecule has 1 N–H and O–H groups in total. The maximum absolute atomic E-state index is 12.1. The molecule has 0 unspecified atom stereocenters. The first-order valence-electron chi connectivity index (χ1n) is 6.34. The SMILES string of the molecule is O=c1c(=NNc2cccc([N+](=O)[O-])c2)c(=O)c2ccccc12. The van der Waals surface area contributed by atoms with Gasteiger partial charge in [0.1, 0.15) is 0 Å². The third kappa shape index (κ3) is 2.24. The summed E-state index contributed by atoms with van der Waals surface area (Å²) in [6.07, 6.45) is 0. The fourth-order valence-corrected chi connectivity index (χ4v) is 2.15. The number of non-ortho nitro benzene ring substituents is 1. The van der Waals surface area contributed by atoms with E-state index >= 15 is 0 Å². The van der Waals surface area contributed by atoms with Gasteiger partial charge in [0.2, 0.25) is 10.9 Å². The van der Waals surface area contributed by atoms with Crippen molar-refractivity contribution >= 4 is 22.1 Å². The largest absolute Gasteiger partial charge is 0.287 e. The summed E-state index contributed by atoms with van der Waals surface area (Å²) >= 11 is 0. The first-order valence-corrected chi connectivity index (χ1v) is 6.34. The van der Waals surface area contributed by atoms with E-state index in [9.17, 15) is 19.7 Å². The zero-order chi connectivity index (χ0) is 15.7. The van der Waals surface area contributed by atoms with E-state index < -0.39 is 15.8 Å². The Hall–Kier alpha value is -3.35. The van der Waals surface area contributed by atoms with E-state index in [1.807, 2.05) is 0 Å². The van der Waals surface area contributed by atoms with Crippen LogP contribution < -0.4 is 21.6 Å². The summed E-state index contributed by atoms with van der Waals surface area (Å²) in [6.45, 7) is 0. The molecule has 7 heteroatoms. The number of nitrogens with one attached hydrogen (secondary N) is 1. The van der Waals surface area contributed by atoms with E-state index in [4.69, 9.17) is 0 Å². The number of benzene rings is 2. The fourth-order valence-electron chi connectivity index (χ4n) is 2.15. The molecule has 3 aromatic carbocycles. The second-order valence-corrected chi connectivity index (χ2v) is 4.58. The van der Waals surface area contributed by atoms with Crippen LogP contribution in [0.3, 0.4) is 0 Å². The minimum Gasteiger partial charge on any atom is -0.287 e. The molecule has 0 atom stereocenters. The minimum absolute atomic E-state index is 0.113. The lowest BCUT2D eigenvalue weighted by Gasteiger charge is -1.98. The first-order chi connectivity index (χ1) is 10.6. The van der Waals surface area contributed by atoms with Crippen molar-refractivity contribution in [2.75, 3.05) is 5.43 Å². The number of nitro benzene ring substituents is 1. The molecular formula is C15H9N3O4. The van der Waals surface area contributed by atoms with Crippen LogP contribution in [-0.2, 0) is 0 Å². The molecule has 7 nitrogen and oxygen atoms in total. The lowest BCUT2D eigenvalue weighted by molar-refractivity contribution is -0.384. The average molecular weight is 295 g/mol. The molecule has 0 saturated carbocycles. The Morgan fingerprint density at radius 1 is 0.955 bits per heavy atom. The number of rotatable bonds is 3. The summed E-state index contributed by atoms with van der Waals surface area (Å²) in [7, 11) is 0. The van der Waals surface area contributed by atoms with Crippen LogP contribution in [0.1, 0.15) is 0 Å². The van der Waals surface area contributed by atoms with Crippen LogP contribution in [0.25, 0.3) is 10.8 Å². The first kappa shape index (κ1) is 13.6. The molecule has 22 heavy (non-hydrogen) atoms. The number of hydrogen-bond acceptors (Lipinski definition) is 6. The Kier molecular flexibility index (Phi) is 3.23. The summed E-state index contributed by atoms with van der Waals surface area (Å²) in [5.41, 5.74) is 1.80. The van der Waals surface area contributed by atoms with E-state index in [2.05, 4.69) is 10.5 Å². The molecule has 0 radical (unpaired) electrons. The lowest BCUT2D eigenvalue weighted by Crippen LogP contribution is -2.32. The summed E-state index contributed by atoms with van der Waals surface area (Å²) < 4.78 is 0. The van der Waals surface area contributed by atoms with E-state index in [1.165, 1.54) is 18.2 Å². The number of hydrogen-bond donors (Lipinski definition) is 1. The second-order valence-electron chi connectivity index (χ2n) is 4.58. The van der Waals surface area contributed by atoms with Crippen LogP contribution in [-0.4, -0.2) is 4.92 Å². The van der Waals surface area contributed by atoms with Crippen LogP contribution in [0.4, 0.5) is 11.4 Å². The van der Waals surface area contributed by atoms with Crippen molar-refractivity contribution in [1.82, 2.24) is 0 Å². The van der Waals surface area contributed by atoms with Gasteiger partial charge in [-0.2, -0.15) is 5.10 Å². The van der Waals surface area contributed by atoms with E-state index in [0.29, 0.717) is 16.5 Å². The zero-order valence-corrected chi connectivity index (χ0v) is 11.1. The molecular weight excluding hydrogens is 286 g/mol. The summed E-state index contributed by atoms with van der Waals surface area (Å²) in [6, 6.07) is 12.1. The van der Waals surface area contributed by atoms with Crippen molar-refractivity contribution in [3.05, 3.63) is 84.4 Å². The summed E-state index contributed by atoms with van der Waals surface area (Å²) in [4.78, 5) is 34.4. The molecule has 0 aliphatic carbocycles.